The van der Waals surface area contributed by atoms with Gasteiger partial charge in [0.2, 0.25) is 5.91 Å². The molecule has 1 amide bonds. The summed E-state index contributed by atoms with van der Waals surface area (Å²) < 4.78 is 0. The Bertz CT molecular complexity index is 734. The number of carboxylic acid groups (broad SMARTS) is 1. The third kappa shape index (κ3) is 5.03. The monoisotopic (exact) mass is 345 g/mol. The first-order valence-electron chi connectivity index (χ1n) is 7.70. The summed E-state index contributed by atoms with van der Waals surface area (Å²) >= 11 is 1.13. The zero-order valence-electron chi connectivity index (χ0n) is 13.4. The highest BCUT2D eigenvalue weighted by Gasteiger charge is 2.11. The fourth-order valence-electron chi connectivity index (χ4n) is 2.16. The SMILES string of the molecule is CCc1ccc(C(=O)CCC(=O)NCc2ccc(C(=O)O)s2)cc1. The van der Waals surface area contributed by atoms with Gasteiger partial charge in [0, 0.05) is 23.3 Å². The third-order valence-corrected chi connectivity index (χ3v) is 4.67. The van der Waals surface area contributed by atoms with Gasteiger partial charge < -0.3 is 10.4 Å². The van der Waals surface area contributed by atoms with Gasteiger partial charge in [0.1, 0.15) is 4.88 Å². The van der Waals surface area contributed by atoms with Crippen molar-refractivity contribution in [2.45, 2.75) is 32.7 Å². The van der Waals surface area contributed by atoms with Crippen LogP contribution in [0.25, 0.3) is 0 Å². The van der Waals surface area contributed by atoms with Crippen molar-refractivity contribution >= 4 is 29.0 Å². The van der Waals surface area contributed by atoms with Gasteiger partial charge in [-0.05, 0) is 24.1 Å². The summed E-state index contributed by atoms with van der Waals surface area (Å²) in [5.41, 5.74) is 1.78. The fraction of sp³-hybridized carbons (Fsp3) is 0.278. The number of amides is 1. The lowest BCUT2D eigenvalue weighted by atomic mass is 10.0. The minimum atomic E-state index is -0.975. The highest BCUT2D eigenvalue weighted by atomic mass is 32.1. The van der Waals surface area contributed by atoms with E-state index >= 15 is 0 Å². The Morgan fingerprint density at radius 3 is 2.33 bits per heavy atom. The van der Waals surface area contributed by atoms with Crippen LogP contribution in [0.1, 0.15) is 50.2 Å². The molecule has 0 aliphatic carbocycles. The summed E-state index contributed by atoms with van der Waals surface area (Å²) in [7, 11) is 0. The lowest BCUT2D eigenvalue weighted by Gasteiger charge is -2.04. The zero-order chi connectivity index (χ0) is 17.5. The van der Waals surface area contributed by atoms with Gasteiger partial charge >= 0.3 is 5.97 Å². The molecule has 0 saturated heterocycles. The van der Waals surface area contributed by atoms with E-state index in [-0.39, 0.29) is 36.0 Å². The first-order chi connectivity index (χ1) is 11.5. The first kappa shape index (κ1) is 17.9. The molecule has 0 bridgehead atoms. The molecular formula is C18H19NO4S. The van der Waals surface area contributed by atoms with E-state index in [1.54, 1.807) is 18.2 Å². The van der Waals surface area contributed by atoms with Gasteiger partial charge in [0.15, 0.2) is 5.78 Å². The maximum absolute atomic E-state index is 12.1. The number of hydrogen-bond acceptors (Lipinski definition) is 4. The standard InChI is InChI=1S/C18H19NO4S/c1-2-12-3-5-13(6-4-12)15(20)8-10-17(21)19-11-14-7-9-16(24-14)18(22)23/h3-7,9H,2,8,10-11H2,1H3,(H,19,21)(H,22,23). The molecule has 2 rings (SSSR count). The molecule has 0 unspecified atom stereocenters. The van der Waals surface area contributed by atoms with Crippen LogP contribution in [0, 0.1) is 0 Å². The van der Waals surface area contributed by atoms with Crippen molar-refractivity contribution in [3.63, 3.8) is 0 Å². The molecule has 1 aromatic heterocycles. The third-order valence-electron chi connectivity index (χ3n) is 3.60. The maximum atomic E-state index is 12.1. The van der Waals surface area contributed by atoms with Crippen LogP contribution in [0.3, 0.4) is 0 Å². The second-order valence-electron chi connectivity index (χ2n) is 5.32. The number of benzene rings is 1. The number of hydrogen-bond donors (Lipinski definition) is 2. The normalized spacial score (nSPS) is 10.4. The van der Waals surface area contributed by atoms with Crippen LogP contribution in [-0.4, -0.2) is 22.8 Å². The van der Waals surface area contributed by atoms with Gasteiger partial charge in [-0.25, -0.2) is 4.79 Å². The van der Waals surface area contributed by atoms with E-state index in [0.29, 0.717) is 5.56 Å². The number of Topliss-reactive ketones (excluding diaryl/α,β-unsaturated/α-hetero) is 1. The van der Waals surface area contributed by atoms with Gasteiger partial charge in [-0.1, -0.05) is 31.2 Å². The van der Waals surface area contributed by atoms with Gasteiger partial charge in [0.05, 0.1) is 6.54 Å². The summed E-state index contributed by atoms with van der Waals surface area (Å²) in [6.07, 6.45) is 1.19. The van der Waals surface area contributed by atoms with Crippen LogP contribution in [-0.2, 0) is 17.8 Å². The molecule has 0 spiro atoms. The minimum absolute atomic E-state index is 0.0582. The van der Waals surface area contributed by atoms with Crippen molar-refractivity contribution in [1.29, 1.82) is 0 Å². The van der Waals surface area contributed by atoms with Gasteiger partial charge in [-0.3, -0.25) is 9.59 Å². The van der Waals surface area contributed by atoms with Gasteiger partial charge in [0.25, 0.3) is 0 Å². The number of carbonyl (C=O) groups excluding carboxylic acids is 2. The van der Waals surface area contributed by atoms with Gasteiger partial charge in [-0.15, -0.1) is 11.3 Å². The molecule has 0 fully saturated rings. The van der Waals surface area contributed by atoms with Crippen LogP contribution >= 0.6 is 11.3 Å². The molecule has 126 valence electrons. The second-order valence-corrected chi connectivity index (χ2v) is 6.49. The number of aryl methyl sites for hydroxylation is 1. The first-order valence-corrected chi connectivity index (χ1v) is 8.52. The number of ketones is 1. The quantitative estimate of drug-likeness (QED) is 0.719. The number of carboxylic acids is 1. The average molecular weight is 345 g/mol. The van der Waals surface area contributed by atoms with Crippen molar-refractivity contribution in [2.75, 3.05) is 0 Å². The van der Waals surface area contributed by atoms with Crippen LogP contribution in [0.5, 0.6) is 0 Å². The Labute approximate surface area is 144 Å². The molecule has 1 heterocycles. The van der Waals surface area contributed by atoms with Crippen LogP contribution in [0.4, 0.5) is 0 Å². The number of aromatic carboxylic acids is 1. The summed E-state index contributed by atoms with van der Waals surface area (Å²) in [5, 5.41) is 11.6. The lowest BCUT2D eigenvalue weighted by molar-refractivity contribution is -0.121. The molecule has 0 atom stereocenters. The summed E-state index contributed by atoms with van der Waals surface area (Å²) in [5.74, 6) is -1.26. The van der Waals surface area contributed by atoms with E-state index in [2.05, 4.69) is 5.32 Å². The van der Waals surface area contributed by atoms with Crippen LogP contribution < -0.4 is 5.32 Å². The Morgan fingerprint density at radius 2 is 1.75 bits per heavy atom. The van der Waals surface area contributed by atoms with Crippen molar-refractivity contribution < 1.29 is 19.5 Å². The van der Waals surface area contributed by atoms with Crippen molar-refractivity contribution in [1.82, 2.24) is 5.32 Å². The van der Waals surface area contributed by atoms with Crippen LogP contribution in [0.2, 0.25) is 0 Å². The van der Waals surface area contributed by atoms with Crippen molar-refractivity contribution in [3.05, 3.63) is 57.3 Å². The van der Waals surface area contributed by atoms with E-state index < -0.39 is 5.97 Å². The van der Waals surface area contributed by atoms with E-state index in [4.69, 9.17) is 5.11 Å². The molecule has 6 heteroatoms. The molecule has 2 N–H and O–H groups in total. The molecule has 0 saturated carbocycles. The van der Waals surface area contributed by atoms with Crippen molar-refractivity contribution in [2.24, 2.45) is 0 Å². The fourth-order valence-corrected chi connectivity index (χ4v) is 2.95. The van der Waals surface area contributed by atoms with Crippen molar-refractivity contribution in [3.8, 4) is 0 Å². The van der Waals surface area contributed by atoms with E-state index in [9.17, 15) is 14.4 Å². The molecule has 0 aliphatic heterocycles. The summed E-state index contributed by atoms with van der Waals surface area (Å²) in [4.78, 5) is 35.7. The van der Waals surface area contributed by atoms with E-state index in [0.717, 1.165) is 22.6 Å². The number of thiophene rings is 1. The predicted molar refractivity (Wildman–Crippen MR) is 92.5 cm³/mol. The number of rotatable bonds is 8. The zero-order valence-corrected chi connectivity index (χ0v) is 14.2. The molecular weight excluding hydrogens is 326 g/mol. The Hall–Kier alpha value is -2.47. The molecule has 1 aromatic carbocycles. The molecule has 5 nitrogen and oxygen atoms in total. The highest BCUT2D eigenvalue weighted by molar-refractivity contribution is 7.13. The molecule has 0 aliphatic rings. The lowest BCUT2D eigenvalue weighted by Crippen LogP contribution is -2.22. The molecule has 0 radical (unpaired) electrons. The largest absolute Gasteiger partial charge is 0.477 e. The minimum Gasteiger partial charge on any atom is -0.477 e. The molecule has 2 aromatic rings. The highest BCUT2D eigenvalue weighted by Crippen LogP contribution is 2.16. The number of carbonyl (C=O) groups is 3. The predicted octanol–water partition coefficient (Wildman–Crippen LogP) is 3.29. The summed E-state index contributed by atoms with van der Waals surface area (Å²) in [6.45, 7) is 2.32. The van der Waals surface area contributed by atoms with Gasteiger partial charge in [-0.2, -0.15) is 0 Å². The smallest absolute Gasteiger partial charge is 0.345 e. The topological polar surface area (TPSA) is 83.5 Å². The van der Waals surface area contributed by atoms with E-state index in [1.165, 1.54) is 11.6 Å². The Kier molecular flexibility index (Phi) is 6.26. The summed E-state index contributed by atoms with van der Waals surface area (Å²) in [6, 6.07) is 10.6. The maximum Gasteiger partial charge on any atom is 0.345 e. The Morgan fingerprint density at radius 1 is 1.04 bits per heavy atom. The second kappa shape index (κ2) is 8.40. The number of nitrogens with one attached hydrogen (secondary N) is 1. The Balaban J connectivity index is 1.77. The molecule has 24 heavy (non-hydrogen) atoms. The van der Waals surface area contributed by atoms with Crippen LogP contribution in [0.15, 0.2) is 36.4 Å². The average Bonchev–Trinajstić information content (AvgIpc) is 3.07. The van der Waals surface area contributed by atoms with E-state index in [1.807, 2.05) is 19.1 Å².